The number of carbonyl (C=O) groups excluding carboxylic acids is 1. The van der Waals surface area contributed by atoms with E-state index >= 15 is 0 Å². The van der Waals surface area contributed by atoms with Crippen molar-refractivity contribution in [1.29, 1.82) is 0 Å². The molecule has 174 valence electrons. The molecule has 3 rings (SSSR count). The lowest BCUT2D eigenvalue weighted by molar-refractivity contribution is 0.0942. The second-order valence-corrected chi connectivity index (χ2v) is 8.76. The van der Waals surface area contributed by atoms with Crippen LogP contribution in [-0.2, 0) is 4.74 Å². The SMILES string of the molecule is CCCC1c2ccccc2Oc2ccc(Cl)cc2C1CNCOC(=O)N(CCC)CCC. The predicted molar refractivity (Wildman–Crippen MR) is 130 cm³/mol. The quantitative estimate of drug-likeness (QED) is 0.310. The largest absolute Gasteiger partial charge is 0.457 e. The molecule has 1 amide bonds. The molecule has 0 saturated heterocycles. The van der Waals surface area contributed by atoms with Gasteiger partial charge in [0, 0.05) is 36.1 Å². The van der Waals surface area contributed by atoms with Crippen LogP contribution in [0.15, 0.2) is 42.5 Å². The Kier molecular flexibility index (Phi) is 9.24. The minimum absolute atomic E-state index is 0.147. The van der Waals surface area contributed by atoms with E-state index in [1.807, 2.05) is 30.3 Å². The Bertz CT molecular complexity index is 883. The van der Waals surface area contributed by atoms with Crippen molar-refractivity contribution in [2.75, 3.05) is 26.4 Å². The van der Waals surface area contributed by atoms with E-state index in [0.29, 0.717) is 24.7 Å². The van der Waals surface area contributed by atoms with Crippen molar-refractivity contribution in [1.82, 2.24) is 10.2 Å². The third-order valence-corrected chi connectivity index (χ3v) is 6.14. The van der Waals surface area contributed by atoms with Crippen molar-refractivity contribution in [2.45, 2.75) is 58.3 Å². The van der Waals surface area contributed by atoms with Crippen molar-refractivity contribution in [3.05, 3.63) is 58.6 Å². The van der Waals surface area contributed by atoms with Gasteiger partial charge in [-0.3, -0.25) is 5.32 Å². The van der Waals surface area contributed by atoms with Gasteiger partial charge in [-0.05, 0) is 55.0 Å². The molecule has 1 heterocycles. The van der Waals surface area contributed by atoms with Gasteiger partial charge in [-0.1, -0.05) is 57.0 Å². The predicted octanol–water partition coefficient (Wildman–Crippen LogP) is 6.92. The molecule has 2 unspecified atom stereocenters. The maximum atomic E-state index is 12.4. The fourth-order valence-electron chi connectivity index (χ4n) is 4.51. The maximum Gasteiger partial charge on any atom is 0.411 e. The first-order chi connectivity index (χ1) is 15.6. The van der Waals surface area contributed by atoms with Crippen LogP contribution in [0, 0.1) is 0 Å². The first kappa shape index (κ1) is 24.4. The summed E-state index contributed by atoms with van der Waals surface area (Å²) < 4.78 is 11.8. The molecule has 5 nitrogen and oxygen atoms in total. The normalized spacial score (nSPS) is 17.0. The van der Waals surface area contributed by atoms with Gasteiger partial charge in [0.15, 0.2) is 0 Å². The van der Waals surface area contributed by atoms with E-state index in [1.54, 1.807) is 4.90 Å². The van der Waals surface area contributed by atoms with Gasteiger partial charge in [0.2, 0.25) is 0 Å². The average molecular weight is 459 g/mol. The molecule has 0 spiro atoms. The minimum Gasteiger partial charge on any atom is -0.457 e. The zero-order valence-corrected chi connectivity index (χ0v) is 20.2. The molecule has 0 bridgehead atoms. The zero-order valence-electron chi connectivity index (χ0n) is 19.4. The summed E-state index contributed by atoms with van der Waals surface area (Å²) in [6.45, 7) is 8.60. The number of benzene rings is 2. The second-order valence-electron chi connectivity index (χ2n) is 8.32. The van der Waals surface area contributed by atoms with E-state index in [2.05, 4.69) is 38.2 Å². The van der Waals surface area contributed by atoms with Crippen LogP contribution in [0.25, 0.3) is 0 Å². The van der Waals surface area contributed by atoms with Gasteiger partial charge in [-0.15, -0.1) is 0 Å². The van der Waals surface area contributed by atoms with Gasteiger partial charge in [0.25, 0.3) is 0 Å². The van der Waals surface area contributed by atoms with Gasteiger partial charge in [-0.2, -0.15) is 0 Å². The molecule has 2 aromatic rings. The number of amides is 1. The summed E-state index contributed by atoms with van der Waals surface area (Å²) in [4.78, 5) is 14.2. The highest BCUT2D eigenvalue weighted by Gasteiger charge is 2.32. The van der Waals surface area contributed by atoms with Gasteiger partial charge in [-0.25, -0.2) is 4.79 Å². The van der Waals surface area contributed by atoms with E-state index < -0.39 is 0 Å². The molecular formula is C26H35ClN2O3. The van der Waals surface area contributed by atoms with Crippen LogP contribution >= 0.6 is 11.6 Å². The molecule has 0 aromatic heterocycles. The lowest BCUT2D eigenvalue weighted by Gasteiger charge is -2.27. The third kappa shape index (κ3) is 5.96. The number of fused-ring (bicyclic) bond motifs is 2. The van der Waals surface area contributed by atoms with E-state index in [-0.39, 0.29) is 24.7 Å². The Morgan fingerprint density at radius 1 is 1.00 bits per heavy atom. The molecule has 0 radical (unpaired) electrons. The van der Waals surface area contributed by atoms with Crippen LogP contribution in [0.2, 0.25) is 5.02 Å². The maximum absolute atomic E-state index is 12.4. The number of hydrogen-bond donors (Lipinski definition) is 1. The van der Waals surface area contributed by atoms with E-state index in [1.165, 1.54) is 5.56 Å². The lowest BCUT2D eigenvalue weighted by atomic mass is 9.79. The first-order valence-electron chi connectivity index (χ1n) is 11.8. The molecule has 0 fully saturated rings. The van der Waals surface area contributed by atoms with Crippen LogP contribution < -0.4 is 10.1 Å². The standard InChI is InChI=1S/C26H35ClN2O3/c1-4-9-20-21-10-7-8-11-24(21)32-25-13-12-19(27)16-22(25)23(20)17-28-18-31-26(30)29(14-5-2)15-6-3/h7-8,10-13,16,20,23,28H,4-6,9,14-15,17-18H2,1-3H3. The molecule has 1 aliphatic heterocycles. The number of hydrogen-bond acceptors (Lipinski definition) is 4. The summed E-state index contributed by atoms with van der Waals surface area (Å²) in [5.74, 6) is 2.16. The molecule has 32 heavy (non-hydrogen) atoms. The summed E-state index contributed by atoms with van der Waals surface area (Å²) in [5.41, 5.74) is 2.30. The summed E-state index contributed by atoms with van der Waals surface area (Å²) >= 11 is 6.38. The van der Waals surface area contributed by atoms with E-state index in [0.717, 1.165) is 42.7 Å². The highest BCUT2D eigenvalue weighted by molar-refractivity contribution is 6.30. The molecule has 1 aliphatic rings. The van der Waals surface area contributed by atoms with Gasteiger partial charge in [0.05, 0.1) is 0 Å². The smallest absolute Gasteiger partial charge is 0.411 e. The van der Waals surface area contributed by atoms with Crippen LogP contribution in [-0.4, -0.2) is 37.4 Å². The first-order valence-corrected chi connectivity index (χ1v) is 12.1. The number of carbonyl (C=O) groups is 1. The molecule has 6 heteroatoms. The van der Waals surface area contributed by atoms with Gasteiger partial charge >= 0.3 is 6.09 Å². The Balaban J connectivity index is 1.77. The van der Waals surface area contributed by atoms with Crippen molar-refractivity contribution in [3.63, 3.8) is 0 Å². The van der Waals surface area contributed by atoms with Crippen molar-refractivity contribution in [2.24, 2.45) is 0 Å². The molecule has 0 saturated carbocycles. The van der Waals surface area contributed by atoms with Gasteiger partial charge in [0.1, 0.15) is 18.2 Å². The zero-order chi connectivity index (χ0) is 22.9. The highest BCUT2D eigenvalue weighted by Crippen LogP contribution is 2.48. The van der Waals surface area contributed by atoms with Crippen LogP contribution in [0.1, 0.15) is 69.4 Å². The Hall–Kier alpha value is -2.24. The van der Waals surface area contributed by atoms with Crippen molar-refractivity contribution in [3.8, 4) is 11.5 Å². The van der Waals surface area contributed by atoms with Crippen molar-refractivity contribution < 1.29 is 14.3 Å². The number of ether oxygens (including phenoxy) is 2. The highest BCUT2D eigenvalue weighted by atomic mass is 35.5. The van der Waals surface area contributed by atoms with Crippen LogP contribution in [0.4, 0.5) is 4.79 Å². The topological polar surface area (TPSA) is 50.8 Å². The summed E-state index contributed by atoms with van der Waals surface area (Å²) in [5, 5.41) is 4.06. The van der Waals surface area contributed by atoms with Crippen LogP contribution in [0.3, 0.4) is 0 Å². The number of nitrogens with zero attached hydrogens (tertiary/aromatic N) is 1. The van der Waals surface area contributed by atoms with Crippen LogP contribution in [0.5, 0.6) is 11.5 Å². The van der Waals surface area contributed by atoms with Crippen molar-refractivity contribution >= 4 is 17.7 Å². The minimum atomic E-state index is -0.260. The Morgan fingerprint density at radius 3 is 2.44 bits per heavy atom. The lowest BCUT2D eigenvalue weighted by Crippen LogP contribution is -2.36. The Labute approximate surface area is 197 Å². The average Bonchev–Trinajstić information content (AvgIpc) is 2.91. The third-order valence-electron chi connectivity index (χ3n) is 5.90. The number of para-hydroxylation sites is 1. The summed E-state index contributed by atoms with van der Waals surface area (Å²) in [7, 11) is 0. The number of rotatable bonds is 10. The van der Waals surface area contributed by atoms with E-state index in [9.17, 15) is 4.79 Å². The van der Waals surface area contributed by atoms with Gasteiger partial charge < -0.3 is 14.4 Å². The van der Waals surface area contributed by atoms with E-state index in [4.69, 9.17) is 21.1 Å². The fraction of sp³-hybridized carbons (Fsp3) is 0.500. The number of nitrogens with one attached hydrogen (secondary N) is 1. The molecular weight excluding hydrogens is 424 g/mol. The molecule has 2 atom stereocenters. The molecule has 0 aliphatic carbocycles. The molecule has 2 aromatic carbocycles. The summed E-state index contributed by atoms with van der Waals surface area (Å²) in [6.07, 6.45) is 3.66. The molecule has 1 N–H and O–H groups in total. The monoisotopic (exact) mass is 458 g/mol. The summed E-state index contributed by atoms with van der Waals surface area (Å²) in [6, 6.07) is 14.1. The fourth-order valence-corrected chi connectivity index (χ4v) is 4.69. The Morgan fingerprint density at radius 2 is 1.72 bits per heavy atom. The number of halogens is 1. The second kappa shape index (κ2) is 12.1.